The second-order valence-corrected chi connectivity index (χ2v) is 16.4. The van der Waals surface area contributed by atoms with Crippen LogP contribution in [0.15, 0.2) is 127 Å². The topological polar surface area (TPSA) is 0 Å². The predicted molar refractivity (Wildman–Crippen MR) is 225 cm³/mol. The fourth-order valence-corrected chi connectivity index (χ4v) is 10.7. The van der Waals surface area contributed by atoms with Gasteiger partial charge in [0.2, 0.25) is 0 Å². The molecule has 7 aromatic rings. The standard InChI is InChI=1S/C52H50/c1-8-51(9-2)44-28-16-14-20-34(44)39-24-18-26-41(48(39)51)46-36-22-12-13-23-37(36)47(43-32-33(50(5,6)7)30-31-38(43)46)42-27-19-25-40-35-21-15-17-29-45(35)52(10-3,11-4)49(40)42/h12-32H,8-11H2,1-7H3. The summed E-state index contributed by atoms with van der Waals surface area (Å²) >= 11 is 0. The molecule has 0 heteroatoms. The van der Waals surface area contributed by atoms with E-state index in [-0.39, 0.29) is 16.2 Å². The Morgan fingerprint density at radius 3 is 1.23 bits per heavy atom. The van der Waals surface area contributed by atoms with Gasteiger partial charge in [-0.2, -0.15) is 0 Å². The molecule has 0 heterocycles. The first-order valence-electron chi connectivity index (χ1n) is 19.7. The van der Waals surface area contributed by atoms with Gasteiger partial charge >= 0.3 is 0 Å². The van der Waals surface area contributed by atoms with Crippen molar-refractivity contribution in [2.75, 3.05) is 0 Å². The van der Waals surface area contributed by atoms with Crippen LogP contribution in [0.4, 0.5) is 0 Å². The Morgan fingerprint density at radius 2 is 0.769 bits per heavy atom. The summed E-state index contributed by atoms with van der Waals surface area (Å²) in [6.45, 7) is 16.6. The van der Waals surface area contributed by atoms with Crippen molar-refractivity contribution in [3.05, 3.63) is 155 Å². The molecule has 2 aliphatic rings. The van der Waals surface area contributed by atoms with Gasteiger partial charge in [-0.05, 0) is 131 Å². The quantitative estimate of drug-likeness (QED) is 0.154. The van der Waals surface area contributed by atoms with Crippen LogP contribution in [0.5, 0.6) is 0 Å². The second kappa shape index (κ2) is 11.8. The Morgan fingerprint density at radius 1 is 0.385 bits per heavy atom. The molecular weight excluding hydrogens is 625 g/mol. The molecule has 258 valence electrons. The Kier molecular flexibility index (Phi) is 7.47. The van der Waals surface area contributed by atoms with Crippen molar-refractivity contribution in [2.24, 2.45) is 0 Å². The van der Waals surface area contributed by atoms with E-state index in [1.54, 1.807) is 0 Å². The van der Waals surface area contributed by atoms with E-state index < -0.39 is 0 Å². The SMILES string of the molecule is CCC1(CC)c2ccccc2-c2cccc(-c3c4ccccc4c(-c4cccc5c4C(CC)(CC)c4ccccc4-5)c4cc(C(C)(C)C)ccc34)c21. The third-order valence-corrected chi connectivity index (χ3v) is 13.4. The van der Waals surface area contributed by atoms with E-state index in [0.29, 0.717) is 0 Å². The molecular formula is C52H50. The first-order valence-corrected chi connectivity index (χ1v) is 19.7. The summed E-state index contributed by atoms with van der Waals surface area (Å²) in [6, 6.07) is 49.4. The van der Waals surface area contributed by atoms with Crippen molar-refractivity contribution in [3.8, 4) is 44.5 Å². The molecule has 9 rings (SSSR count). The van der Waals surface area contributed by atoms with Gasteiger partial charge in [0, 0.05) is 10.8 Å². The molecule has 0 spiro atoms. The molecule has 7 aromatic carbocycles. The number of benzene rings is 7. The van der Waals surface area contributed by atoms with Crippen LogP contribution in [0.25, 0.3) is 66.1 Å². The Bertz CT molecular complexity index is 2540. The number of hydrogen-bond donors (Lipinski definition) is 0. The largest absolute Gasteiger partial charge is 0.0642 e. The molecule has 0 aromatic heterocycles. The van der Waals surface area contributed by atoms with E-state index in [4.69, 9.17) is 0 Å². The summed E-state index contributed by atoms with van der Waals surface area (Å²) in [7, 11) is 0. The van der Waals surface area contributed by atoms with E-state index in [0.717, 1.165) is 25.7 Å². The van der Waals surface area contributed by atoms with Crippen molar-refractivity contribution in [3.63, 3.8) is 0 Å². The van der Waals surface area contributed by atoms with Crippen molar-refractivity contribution in [2.45, 2.75) is 90.4 Å². The fourth-order valence-electron chi connectivity index (χ4n) is 10.7. The molecule has 0 atom stereocenters. The first-order chi connectivity index (χ1) is 25.2. The van der Waals surface area contributed by atoms with Gasteiger partial charge < -0.3 is 0 Å². The molecule has 0 bridgehead atoms. The maximum Gasteiger partial charge on any atom is 0.0216 e. The van der Waals surface area contributed by atoms with Crippen molar-refractivity contribution in [1.29, 1.82) is 0 Å². The van der Waals surface area contributed by atoms with E-state index in [1.807, 2.05) is 0 Å². The lowest BCUT2D eigenvalue weighted by molar-refractivity contribution is 0.491. The molecule has 0 N–H and O–H groups in total. The Balaban J connectivity index is 1.46. The minimum absolute atomic E-state index is 0.0119. The summed E-state index contributed by atoms with van der Waals surface area (Å²) in [5.41, 5.74) is 18.4. The Labute approximate surface area is 310 Å². The van der Waals surface area contributed by atoms with Crippen LogP contribution in [-0.4, -0.2) is 0 Å². The predicted octanol–water partition coefficient (Wildman–Crippen LogP) is 14.8. The van der Waals surface area contributed by atoms with Gasteiger partial charge in [-0.1, -0.05) is 170 Å². The molecule has 0 radical (unpaired) electrons. The lowest BCUT2D eigenvalue weighted by atomic mass is 9.69. The summed E-state index contributed by atoms with van der Waals surface area (Å²) in [4.78, 5) is 0. The van der Waals surface area contributed by atoms with Crippen molar-refractivity contribution < 1.29 is 0 Å². The van der Waals surface area contributed by atoms with Gasteiger partial charge in [-0.3, -0.25) is 0 Å². The lowest BCUT2D eigenvalue weighted by Crippen LogP contribution is -2.24. The van der Waals surface area contributed by atoms with Gasteiger partial charge in [-0.15, -0.1) is 0 Å². The highest BCUT2D eigenvalue weighted by molar-refractivity contribution is 6.23. The minimum atomic E-state index is -0.0376. The minimum Gasteiger partial charge on any atom is -0.0642 e. The molecule has 2 aliphatic carbocycles. The van der Waals surface area contributed by atoms with Crippen LogP contribution in [-0.2, 0) is 16.2 Å². The number of hydrogen-bond acceptors (Lipinski definition) is 0. The van der Waals surface area contributed by atoms with Gasteiger partial charge in [0.25, 0.3) is 0 Å². The van der Waals surface area contributed by atoms with E-state index in [9.17, 15) is 0 Å². The smallest absolute Gasteiger partial charge is 0.0216 e. The zero-order chi connectivity index (χ0) is 36.0. The molecule has 0 saturated heterocycles. The van der Waals surface area contributed by atoms with Crippen LogP contribution < -0.4 is 0 Å². The molecule has 0 aliphatic heterocycles. The van der Waals surface area contributed by atoms with Crippen LogP contribution in [0.1, 0.15) is 102 Å². The highest BCUT2D eigenvalue weighted by Crippen LogP contribution is 2.60. The third-order valence-electron chi connectivity index (χ3n) is 13.4. The third kappa shape index (κ3) is 4.27. The highest BCUT2D eigenvalue weighted by Gasteiger charge is 2.44. The van der Waals surface area contributed by atoms with Gasteiger partial charge in [0.1, 0.15) is 0 Å². The van der Waals surface area contributed by atoms with Crippen LogP contribution >= 0.6 is 0 Å². The Hall–Kier alpha value is -4.94. The maximum atomic E-state index is 2.55. The van der Waals surface area contributed by atoms with Gasteiger partial charge in [-0.25, -0.2) is 0 Å². The zero-order valence-corrected chi connectivity index (χ0v) is 32.0. The highest BCUT2D eigenvalue weighted by atomic mass is 14.5. The van der Waals surface area contributed by atoms with Crippen LogP contribution in [0, 0.1) is 0 Å². The average Bonchev–Trinajstić information content (AvgIpc) is 3.64. The summed E-state index contributed by atoms with van der Waals surface area (Å²) in [5, 5.41) is 5.39. The van der Waals surface area contributed by atoms with E-state index >= 15 is 0 Å². The number of rotatable bonds is 6. The molecule has 0 fully saturated rings. The second-order valence-electron chi connectivity index (χ2n) is 16.4. The summed E-state index contributed by atoms with van der Waals surface area (Å²) in [6.07, 6.45) is 4.27. The van der Waals surface area contributed by atoms with E-state index in [1.165, 1.54) is 93.9 Å². The number of fused-ring (bicyclic) bond motifs is 8. The zero-order valence-electron chi connectivity index (χ0n) is 32.0. The van der Waals surface area contributed by atoms with Crippen molar-refractivity contribution in [1.82, 2.24) is 0 Å². The molecule has 0 nitrogen and oxygen atoms in total. The molecule has 0 unspecified atom stereocenters. The summed E-state index contributed by atoms with van der Waals surface area (Å²) in [5.74, 6) is 0. The van der Waals surface area contributed by atoms with Crippen molar-refractivity contribution >= 4 is 21.5 Å². The monoisotopic (exact) mass is 674 g/mol. The fraction of sp³-hybridized carbons (Fsp3) is 0.269. The molecule has 0 saturated carbocycles. The van der Waals surface area contributed by atoms with Gasteiger partial charge in [0.15, 0.2) is 0 Å². The molecule has 52 heavy (non-hydrogen) atoms. The normalized spacial score (nSPS) is 15.1. The van der Waals surface area contributed by atoms with Gasteiger partial charge in [0.05, 0.1) is 0 Å². The first kappa shape index (κ1) is 32.9. The summed E-state index contributed by atoms with van der Waals surface area (Å²) < 4.78 is 0. The average molecular weight is 675 g/mol. The van der Waals surface area contributed by atoms with Crippen LogP contribution in [0.2, 0.25) is 0 Å². The van der Waals surface area contributed by atoms with E-state index in [2.05, 4.69) is 176 Å². The maximum absolute atomic E-state index is 2.55. The molecule has 0 amide bonds. The lowest BCUT2D eigenvalue weighted by Gasteiger charge is -2.33. The van der Waals surface area contributed by atoms with Crippen LogP contribution in [0.3, 0.4) is 0 Å².